The van der Waals surface area contributed by atoms with Crippen molar-refractivity contribution in [1.29, 1.82) is 0 Å². The van der Waals surface area contributed by atoms with Gasteiger partial charge >= 0.3 is 6.16 Å². The van der Waals surface area contributed by atoms with Gasteiger partial charge in [-0.1, -0.05) is 57.1 Å². The van der Waals surface area contributed by atoms with E-state index in [9.17, 15) is 19.8 Å². The first-order valence-electron chi connectivity index (χ1n) is 11.7. The van der Waals surface area contributed by atoms with Crippen LogP contribution >= 0.6 is 0 Å². The van der Waals surface area contributed by atoms with Crippen molar-refractivity contribution in [3.8, 4) is 12.3 Å². The van der Waals surface area contributed by atoms with Crippen LogP contribution in [0.4, 0.5) is 4.79 Å². The van der Waals surface area contributed by atoms with Crippen LogP contribution < -0.4 is 0 Å². The highest BCUT2D eigenvalue weighted by Gasteiger charge is 2.39. The van der Waals surface area contributed by atoms with Gasteiger partial charge in [0, 0.05) is 24.7 Å². The van der Waals surface area contributed by atoms with E-state index in [1.54, 1.807) is 6.92 Å². The molecule has 0 saturated heterocycles. The van der Waals surface area contributed by atoms with Crippen molar-refractivity contribution in [2.45, 2.75) is 96.2 Å². The number of terminal acetylenes is 1. The van der Waals surface area contributed by atoms with Crippen LogP contribution in [0.2, 0.25) is 0 Å². The molecule has 1 unspecified atom stereocenters. The lowest BCUT2D eigenvalue weighted by Crippen LogP contribution is -2.25. The molecule has 1 fully saturated rings. The number of aliphatic hydroxyl groups excluding tert-OH is 1. The number of aliphatic hydroxyl groups is 2. The second-order valence-corrected chi connectivity index (χ2v) is 8.42. The first-order chi connectivity index (χ1) is 14.9. The lowest BCUT2D eigenvalue weighted by Gasteiger charge is -2.21. The minimum atomic E-state index is -1.16. The van der Waals surface area contributed by atoms with Gasteiger partial charge < -0.3 is 19.7 Å². The van der Waals surface area contributed by atoms with Crippen molar-refractivity contribution < 1.29 is 29.3 Å². The van der Waals surface area contributed by atoms with Crippen LogP contribution in [0, 0.1) is 24.2 Å². The summed E-state index contributed by atoms with van der Waals surface area (Å²) in [7, 11) is 0. The molecule has 6 nitrogen and oxygen atoms in total. The fourth-order valence-corrected chi connectivity index (χ4v) is 4.03. The molecule has 0 amide bonds. The van der Waals surface area contributed by atoms with Crippen molar-refractivity contribution in [1.82, 2.24) is 0 Å². The molecule has 1 aliphatic rings. The van der Waals surface area contributed by atoms with E-state index in [4.69, 9.17) is 15.9 Å². The van der Waals surface area contributed by atoms with E-state index in [0.29, 0.717) is 26.1 Å². The van der Waals surface area contributed by atoms with E-state index in [1.807, 2.05) is 12.2 Å². The van der Waals surface area contributed by atoms with Crippen LogP contribution in [0.5, 0.6) is 0 Å². The fourth-order valence-electron chi connectivity index (χ4n) is 4.03. The second-order valence-electron chi connectivity index (χ2n) is 8.42. The van der Waals surface area contributed by atoms with Gasteiger partial charge in [-0.05, 0) is 32.6 Å². The minimum Gasteiger partial charge on any atom is -0.435 e. The van der Waals surface area contributed by atoms with Crippen LogP contribution in [0.3, 0.4) is 0 Å². The van der Waals surface area contributed by atoms with Crippen molar-refractivity contribution in [3.05, 3.63) is 12.2 Å². The second kappa shape index (κ2) is 15.0. The Morgan fingerprint density at radius 1 is 1.19 bits per heavy atom. The Labute approximate surface area is 187 Å². The summed E-state index contributed by atoms with van der Waals surface area (Å²) in [6.07, 6.45) is 16.2. The Morgan fingerprint density at radius 3 is 2.58 bits per heavy atom. The van der Waals surface area contributed by atoms with Crippen LogP contribution in [0.25, 0.3) is 0 Å². The van der Waals surface area contributed by atoms with Gasteiger partial charge in [-0.3, -0.25) is 4.79 Å². The van der Waals surface area contributed by atoms with E-state index < -0.39 is 17.9 Å². The minimum absolute atomic E-state index is 0.114. The molecule has 0 radical (unpaired) electrons. The fraction of sp³-hybridized carbons (Fsp3) is 0.760. The van der Waals surface area contributed by atoms with Gasteiger partial charge in [0.15, 0.2) is 0 Å². The molecule has 0 bridgehead atoms. The normalized spacial score (nSPS) is 22.9. The molecule has 0 aromatic rings. The summed E-state index contributed by atoms with van der Waals surface area (Å²) in [5, 5.41) is 20.8. The molecule has 0 spiro atoms. The maximum atomic E-state index is 12.3. The van der Waals surface area contributed by atoms with Crippen LogP contribution in [-0.4, -0.2) is 47.1 Å². The number of carbonyl (C=O) groups is 2. The SMILES string of the molecule is C#CC(O)(C/C=C/[C@H]1[C@H](O)CC(=O)[C@@H]1CCCCCCCOC(=O)OCC)CCCC. The number of carbonyl (C=O) groups excluding carboxylic acids is 2. The molecule has 6 heteroatoms. The maximum Gasteiger partial charge on any atom is 0.508 e. The molecule has 31 heavy (non-hydrogen) atoms. The third kappa shape index (κ3) is 10.3. The summed E-state index contributed by atoms with van der Waals surface area (Å²) in [4.78, 5) is 23.4. The lowest BCUT2D eigenvalue weighted by atomic mass is 9.87. The van der Waals surface area contributed by atoms with Gasteiger partial charge in [0.05, 0.1) is 19.3 Å². The summed E-state index contributed by atoms with van der Waals surface area (Å²) in [6.45, 7) is 4.46. The molecule has 1 saturated carbocycles. The van der Waals surface area contributed by atoms with E-state index in [-0.39, 0.29) is 24.0 Å². The molecule has 0 heterocycles. The highest BCUT2D eigenvalue weighted by molar-refractivity contribution is 5.84. The highest BCUT2D eigenvalue weighted by atomic mass is 16.7. The summed E-state index contributed by atoms with van der Waals surface area (Å²) < 4.78 is 9.63. The largest absolute Gasteiger partial charge is 0.508 e. The standard InChI is InChI=1S/C25H40O6/c1-4-7-16-25(29,5-2)17-13-15-21-20(22(26)19-23(21)27)14-11-9-8-10-12-18-31-24(28)30-6-3/h2,13,15,20-21,23,27,29H,4,6-12,14,16-19H2,1,3H3/b15-13+/t20-,21-,23-,25?/m1/s1. The van der Waals surface area contributed by atoms with Crippen molar-refractivity contribution in [2.75, 3.05) is 13.2 Å². The number of Topliss-reactive ketones (excluding diaryl/α,β-unsaturated/α-hetero) is 1. The maximum absolute atomic E-state index is 12.3. The Bertz CT molecular complexity index is 608. The van der Waals surface area contributed by atoms with Crippen LogP contribution in [0.1, 0.15) is 84.5 Å². The highest BCUT2D eigenvalue weighted by Crippen LogP contribution is 2.34. The van der Waals surface area contributed by atoms with Crippen LogP contribution in [-0.2, 0) is 14.3 Å². The number of ketones is 1. The smallest absolute Gasteiger partial charge is 0.435 e. The molecular weight excluding hydrogens is 396 g/mol. The Morgan fingerprint density at radius 2 is 1.90 bits per heavy atom. The monoisotopic (exact) mass is 436 g/mol. The third-order valence-corrected chi connectivity index (χ3v) is 5.90. The van der Waals surface area contributed by atoms with E-state index in [0.717, 1.165) is 51.4 Å². The average Bonchev–Trinajstić information content (AvgIpc) is 3.01. The summed E-state index contributed by atoms with van der Waals surface area (Å²) >= 11 is 0. The van der Waals surface area contributed by atoms with Gasteiger partial charge in [-0.2, -0.15) is 0 Å². The summed E-state index contributed by atoms with van der Waals surface area (Å²) in [6, 6.07) is 0. The molecule has 1 rings (SSSR count). The summed E-state index contributed by atoms with van der Waals surface area (Å²) in [5.41, 5.74) is -1.16. The number of rotatable bonds is 15. The first-order valence-corrected chi connectivity index (χ1v) is 11.7. The molecule has 0 aromatic carbocycles. The number of hydrogen-bond donors (Lipinski definition) is 2. The zero-order valence-electron chi connectivity index (χ0n) is 19.2. The topological polar surface area (TPSA) is 93.1 Å². The molecule has 1 aliphatic carbocycles. The Kier molecular flexibility index (Phi) is 13.2. The third-order valence-electron chi connectivity index (χ3n) is 5.90. The van der Waals surface area contributed by atoms with Gasteiger partial charge in [-0.25, -0.2) is 4.79 Å². The van der Waals surface area contributed by atoms with Crippen LogP contribution in [0.15, 0.2) is 12.2 Å². The first kappa shape index (κ1) is 27.2. The molecule has 0 aliphatic heterocycles. The number of ether oxygens (including phenoxy) is 2. The lowest BCUT2D eigenvalue weighted by molar-refractivity contribution is -0.121. The Hall–Kier alpha value is -1.84. The molecule has 176 valence electrons. The number of unbranched alkanes of at least 4 members (excludes halogenated alkanes) is 5. The van der Waals surface area contributed by atoms with Gasteiger partial charge in [0.1, 0.15) is 11.4 Å². The van der Waals surface area contributed by atoms with Crippen molar-refractivity contribution in [3.63, 3.8) is 0 Å². The van der Waals surface area contributed by atoms with Gasteiger partial charge in [0.25, 0.3) is 0 Å². The molecular formula is C25H40O6. The average molecular weight is 437 g/mol. The molecule has 0 aromatic heterocycles. The van der Waals surface area contributed by atoms with E-state index in [1.165, 1.54) is 0 Å². The molecule has 2 N–H and O–H groups in total. The Balaban J connectivity index is 2.36. The zero-order valence-corrected chi connectivity index (χ0v) is 19.2. The van der Waals surface area contributed by atoms with Crippen molar-refractivity contribution >= 4 is 11.9 Å². The number of hydrogen-bond acceptors (Lipinski definition) is 6. The summed E-state index contributed by atoms with van der Waals surface area (Å²) in [5.74, 6) is 2.22. The van der Waals surface area contributed by atoms with Gasteiger partial charge in [-0.15, -0.1) is 6.42 Å². The quantitative estimate of drug-likeness (QED) is 0.169. The zero-order chi connectivity index (χ0) is 23.1. The van der Waals surface area contributed by atoms with Gasteiger partial charge in [0.2, 0.25) is 0 Å². The predicted octanol–water partition coefficient (Wildman–Crippen LogP) is 4.57. The predicted molar refractivity (Wildman–Crippen MR) is 120 cm³/mol. The van der Waals surface area contributed by atoms with Crippen molar-refractivity contribution in [2.24, 2.45) is 11.8 Å². The van der Waals surface area contributed by atoms with E-state index >= 15 is 0 Å². The van der Waals surface area contributed by atoms with E-state index in [2.05, 4.69) is 12.8 Å². The molecule has 4 atom stereocenters.